The average molecular weight is 1090 g/mol. The summed E-state index contributed by atoms with van der Waals surface area (Å²) in [7, 11) is 0. The highest BCUT2D eigenvalue weighted by atomic mass is 15.3. The molecule has 0 saturated heterocycles. The maximum Gasteiger partial charge on any atom is 0.199 e. The van der Waals surface area contributed by atoms with Crippen LogP contribution in [0.4, 0.5) is 17.5 Å². The van der Waals surface area contributed by atoms with E-state index in [1.807, 2.05) is 122 Å². The molecule has 15 heteroatoms. The molecule has 15 nitrogen and oxygen atoms in total. The van der Waals surface area contributed by atoms with Gasteiger partial charge < -0.3 is 14.7 Å². The Morgan fingerprint density at radius 2 is 0.519 bits per heavy atom. The molecular weight excluding hydrogens is 1000 g/mol. The molecule has 12 rings (SSSR count). The quantitative estimate of drug-likeness (QED) is 0.154. The van der Waals surface area contributed by atoms with Gasteiger partial charge in [0.05, 0.1) is 18.1 Å². The van der Waals surface area contributed by atoms with E-state index in [-0.39, 0.29) is 0 Å². The molecule has 0 amide bonds. The van der Waals surface area contributed by atoms with Crippen LogP contribution in [-0.2, 0) is 19.6 Å². The van der Waals surface area contributed by atoms with E-state index in [0.717, 1.165) is 53.8 Å². The Bertz CT molecular complexity index is 2890. The minimum atomic E-state index is 0.296. The predicted molar refractivity (Wildman–Crippen MR) is 335 cm³/mol. The summed E-state index contributed by atoms with van der Waals surface area (Å²) in [4.78, 5) is 59.9. The molecule has 6 aromatic heterocycles. The third-order valence-electron chi connectivity index (χ3n) is 12.9. The van der Waals surface area contributed by atoms with Crippen LogP contribution in [0.5, 0.6) is 0 Å². The number of benzene rings is 3. The molecule has 0 N–H and O–H groups in total. The number of anilines is 3. The highest BCUT2D eigenvalue weighted by Crippen LogP contribution is 2.40. The van der Waals surface area contributed by atoms with Gasteiger partial charge in [0.15, 0.2) is 34.9 Å². The molecule has 0 saturated carbocycles. The number of rotatable bonds is 6. The summed E-state index contributed by atoms with van der Waals surface area (Å²) < 4.78 is 0. The van der Waals surface area contributed by atoms with Crippen LogP contribution in [-0.4, -0.2) is 59.8 Å². The van der Waals surface area contributed by atoms with Crippen LogP contribution < -0.4 is 14.7 Å². The number of hydrogen-bond acceptors (Lipinski definition) is 15. The normalized spacial score (nSPS) is 14.4. The van der Waals surface area contributed by atoms with Crippen LogP contribution in [0.25, 0.3) is 34.9 Å². The van der Waals surface area contributed by atoms with Crippen molar-refractivity contribution in [3.63, 3.8) is 0 Å². The van der Waals surface area contributed by atoms with Crippen LogP contribution in [0.2, 0.25) is 0 Å². The van der Waals surface area contributed by atoms with Gasteiger partial charge in [-0.2, -0.15) is 0 Å². The molecule has 0 radical (unpaired) electrons. The fraction of sp³-hybridized carbons (Fsp3) is 0.364. The molecule has 0 fully saturated rings. The van der Waals surface area contributed by atoms with Crippen molar-refractivity contribution in [1.29, 1.82) is 0 Å². The second kappa shape index (κ2) is 33.9. The standard InChI is InChI=1S/3C18H17N5.6C2H6/c3*1-12-10-21-17(16-19-8-5-9-20-16)22-18(12)23-11-14-6-3-4-7-15(14)13(23)2;6*1-2/h3*3-10,13H,11H2,1-2H3;6*1-2H3. The molecule has 3 aromatic carbocycles. The van der Waals surface area contributed by atoms with Crippen molar-refractivity contribution in [1.82, 2.24) is 59.8 Å². The molecule has 9 heterocycles. The van der Waals surface area contributed by atoms with Gasteiger partial charge >= 0.3 is 0 Å². The lowest BCUT2D eigenvalue weighted by Gasteiger charge is -2.24. The molecule has 81 heavy (non-hydrogen) atoms. The maximum atomic E-state index is 4.75. The number of hydrogen-bond donors (Lipinski definition) is 0. The van der Waals surface area contributed by atoms with Crippen LogP contribution in [0, 0.1) is 20.8 Å². The first-order chi connectivity index (χ1) is 39.7. The lowest BCUT2D eigenvalue weighted by Crippen LogP contribution is -2.21. The zero-order valence-corrected chi connectivity index (χ0v) is 51.4. The van der Waals surface area contributed by atoms with Crippen molar-refractivity contribution in [3.05, 3.63) is 197 Å². The van der Waals surface area contributed by atoms with E-state index >= 15 is 0 Å². The molecule has 3 unspecified atom stereocenters. The molecule has 9 aromatic rings. The second-order valence-corrected chi connectivity index (χ2v) is 17.3. The van der Waals surface area contributed by atoms with Crippen molar-refractivity contribution in [2.45, 2.75) is 162 Å². The van der Waals surface area contributed by atoms with Gasteiger partial charge in [0.1, 0.15) is 17.5 Å². The Hall–Kier alpha value is -8.46. The summed E-state index contributed by atoms with van der Waals surface area (Å²) in [5.41, 5.74) is 11.3. The first-order valence-electron chi connectivity index (χ1n) is 29.1. The monoisotopic (exact) mass is 1090 g/mol. The zero-order valence-electron chi connectivity index (χ0n) is 51.4. The van der Waals surface area contributed by atoms with E-state index in [9.17, 15) is 0 Å². The van der Waals surface area contributed by atoms with E-state index < -0.39 is 0 Å². The number of aromatic nitrogens is 12. The van der Waals surface area contributed by atoms with E-state index in [0.29, 0.717) is 53.1 Å². The first-order valence-corrected chi connectivity index (χ1v) is 29.1. The first kappa shape index (κ1) is 65.1. The summed E-state index contributed by atoms with van der Waals surface area (Å²) in [6.45, 7) is 39.4. The maximum absolute atomic E-state index is 4.75. The molecule has 0 bridgehead atoms. The molecule has 426 valence electrons. The molecule has 0 spiro atoms. The zero-order chi connectivity index (χ0) is 59.4. The van der Waals surface area contributed by atoms with Crippen LogP contribution in [0.3, 0.4) is 0 Å². The van der Waals surface area contributed by atoms with Crippen molar-refractivity contribution in [3.8, 4) is 34.9 Å². The predicted octanol–water partition coefficient (Wildman–Crippen LogP) is 16.1. The molecule has 3 aliphatic rings. The Balaban J connectivity index is 0.000000239. The van der Waals surface area contributed by atoms with Gasteiger partial charge in [0, 0.05) is 92.1 Å². The molecule has 0 aliphatic carbocycles. The Morgan fingerprint density at radius 3 is 0.741 bits per heavy atom. The van der Waals surface area contributed by atoms with Gasteiger partial charge in [-0.15, -0.1) is 0 Å². The van der Waals surface area contributed by atoms with E-state index in [1.54, 1.807) is 55.4 Å². The summed E-state index contributed by atoms with van der Waals surface area (Å²) >= 11 is 0. The van der Waals surface area contributed by atoms with Crippen molar-refractivity contribution >= 4 is 17.5 Å². The number of fused-ring (bicyclic) bond motifs is 3. The minimum absolute atomic E-state index is 0.296. The van der Waals surface area contributed by atoms with Crippen molar-refractivity contribution in [2.24, 2.45) is 0 Å². The van der Waals surface area contributed by atoms with Gasteiger partial charge in [-0.1, -0.05) is 156 Å². The van der Waals surface area contributed by atoms with E-state index in [2.05, 4.69) is 153 Å². The summed E-state index contributed by atoms with van der Waals surface area (Å²) in [6.07, 6.45) is 15.8. The van der Waals surface area contributed by atoms with Crippen LogP contribution in [0.15, 0.2) is 147 Å². The van der Waals surface area contributed by atoms with E-state index in [1.165, 1.54) is 33.4 Å². The van der Waals surface area contributed by atoms with Gasteiger partial charge in [-0.05, 0) is 93.1 Å². The topological polar surface area (TPSA) is 164 Å². The summed E-state index contributed by atoms with van der Waals surface area (Å²) in [5, 5.41) is 0. The smallest absolute Gasteiger partial charge is 0.199 e. The van der Waals surface area contributed by atoms with Gasteiger partial charge in [0.2, 0.25) is 0 Å². The average Bonchev–Trinajstić information content (AvgIpc) is 4.26. The highest BCUT2D eigenvalue weighted by molar-refractivity contribution is 5.60. The Kier molecular flexibility index (Phi) is 27.2. The molecular formula is C66H87N15. The van der Waals surface area contributed by atoms with Crippen molar-refractivity contribution < 1.29 is 0 Å². The largest absolute Gasteiger partial charge is 0.345 e. The third kappa shape index (κ3) is 15.9. The fourth-order valence-electron chi connectivity index (χ4n) is 9.24. The second-order valence-electron chi connectivity index (χ2n) is 17.3. The Labute approximate surface area is 484 Å². The fourth-order valence-corrected chi connectivity index (χ4v) is 9.24. The number of nitrogens with zero attached hydrogens (tertiary/aromatic N) is 15. The summed E-state index contributed by atoms with van der Waals surface area (Å²) in [5.74, 6) is 6.20. The molecule has 3 atom stereocenters. The lowest BCUT2D eigenvalue weighted by molar-refractivity contribution is 0.715. The molecule has 3 aliphatic heterocycles. The van der Waals surface area contributed by atoms with E-state index in [4.69, 9.17) is 15.0 Å². The minimum Gasteiger partial charge on any atom is -0.345 e. The van der Waals surface area contributed by atoms with Crippen molar-refractivity contribution in [2.75, 3.05) is 14.7 Å². The Morgan fingerprint density at radius 1 is 0.296 bits per heavy atom. The summed E-state index contributed by atoms with van der Waals surface area (Å²) in [6, 6.07) is 31.9. The van der Waals surface area contributed by atoms with Gasteiger partial charge in [0.25, 0.3) is 0 Å². The van der Waals surface area contributed by atoms with Gasteiger partial charge in [-0.3, -0.25) is 0 Å². The lowest BCUT2D eigenvalue weighted by atomic mass is 10.1. The SMILES string of the molecule is CC.CC.CC.CC.CC.CC.Cc1cnc(-c2ncccn2)nc1N1Cc2ccccc2C1C.Cc1cnc(-c2ncccn2)nc1N1Cc2ccccc2C1C.Cc1cnc(-c2ncccn2)nc1N1Cc2ccccc2C1C. The van der Waals surface area contributed by atoms with Crippen LogP contribution in [0.1, 0.15) is 172 Å². The van der Waals surface area contributed by atoms with Crippen LogP contribution >= 0.6 is 0 Å². The third-order valence-corrected chi connectivity index (χ3v) is 12.9. The highest BCUT2D eigenvalue weighted by Gasteiger charge is 2.31. The number of aryl methyl sites for hydroxylation is 3. The van der Waals surface area contributed by atoms with Gasteiger partial charge in [-0.25, -0.2) is 59.8 Å².